The first-order chi connectivity index (χ1) is 23.1. The number of ketones is 1. The molecule has 2 saturated carbocycles. The highest BCUT2D eigenvalue weighted by molar-refractivity contribution is 6.02. The van der Waals surface area contributed by atoms with Crippen LogP contribution in [0.25, 0.3) is 0 Å². The van der Waals surface area contributed by atoms with E-state index in [1.807, 2.05) is 0 Å². The van der Waals surface area contributed by atoms with Gasteiger partial charge in [-0.25, -0.2) is 0 Å². The summed E-state index contributed by atoms with van der Waals surface area (Å²) in [6.07, 6.45) is 5.45. The maximum Gasteiger partial charge on any atom is 0.460 e. The summed E-state index contributed by atoms with van der Waals surface area (Å²) in [5.41, 5.74) is -1.14. The van der Waals surface area contributed by atoms with Crippen molar-refractivity contribution in [1.29, 1.82) is 0 Å². The van der Waals surface area contributed by atoms with Gasteiger partial charge in [0.15, 0.2) is 0 Å². The van der Waals surface area contributed by atoms with Crippen molar-refractivity contribution >= 4 is 5.78 Å². The number of carbonyl (C=O) groups is 1. The van der Waals surface area contributed by atoms with Gasteiger partial charge in [-0.15, -0.1) is 0 Å². The maximum absolute atomic E-state index is 14.5. The molecule has 0 aliphatic heterocycles. The molecule has 0 amide bonds. The topological polar surface area (TPSA) is 17.1 Å². The lowest BCUT2D eigenvalue weighted by Crippen LogP contribution is -2.75. The van der Waals surface area contributed by atoms with Crippen LogP contribution in [0, 0.1) is 17.8 Å². The fourth-order valence-electron chi connectivity index (χ4n) is 7.13. The Balaban J connectivity index is 1.70. The molecule has 2 aliphatic rings. The van der Waals surface area contributed by atoms with E-state index in [0.29, 0.717) is 48.3 Å². The third-order valence-electron chi connectivity index (χ3n) is 10.4. The molecule has 0 bridgehead atoms. The van der Waals surface area contributed by atoms with Crippen LogP contribution in [-0.2, 0) is 0 Å². The Morgan fingerprint density at radius 1 is 0.529 bits per heavy atom. The lowest BCUT2D eigenvalue weighted by atomic mass is 9.68. The van der Waals surface area contributed by atoms with Gasteiger partial charge in [-0.3, -0.25) is 4.79 Å². The highest BCUT2D eigenvalue weighted by atomic mass is 19.4. The fourth-order valence-corrected chi connectivity index (χ4v) is 7.13. The van der Waals surface area contributed by atoms with E-state index in [9.17, 15) is 79.4 Å². The maximum atomic E-state index is 14.5. The Kier molecular flexibility index (Phi) is 12.6. The molecule has 51 heavy (non-hydrogen) atoms. The summed E-state index contributed by atoms with van der Waals surface area (Å²) < 4.78 is 231. The number of hydrogen-bond acceptors (Lipinski definition) is 1. The first-order valence-corrected chi connectivity index (χ1v) is 16.5. The molecule has 0 saturated heterocycles. The third kappa shape index (κ3) is 7.57. The number of alkyl halides is 17. The molecule has 1 nitrogen and oxygen atoms in total. The Labute approximate surface area is 282 Å². The van der Waals surface area contributed by atoms with Crippen molar-refractivity contribution in [1.82, 2.24) is 0 Å². The van der Waals surface area contributed by atoms with Crippen LogP contribution < -0.4 is 0 Å². The lowest BCUT2D eigenvalue weighted by Gasteiger charge is -2.42. The van der Waals surface area contributed by atoms with Crippen LogP contribution in [0.15, 0.2) is 24.3 Å². The van der Waals surface area contributed by atoms with E-state index in [-0.39, 0.29) is 5.92 Å². The zero-order chi connectivity index (χ0) is 39.1. The second-order valence-corrected chi connectivity index (χ2v) is 13.7. The van der Waals surface area contributed by atoms with Crippen LogP contribution in [0.4, 0.5) is 74.6 Å². The molecule has 0 radical (unpaired) electrons. The summed E-state index contributed by atoms with van der Waals surface area (Å²) in [7, 11) is 0. The van der Waals surface area contributed by atoms with Crippen LogP contribution in [0.3, 0.4) is 0 Å². The average molecular weight is 773 g/mol. The van der Waals surface area contributed by atoms with Gasteiger partial charge in [0.05, 0.1) is 0 Å². The molecular formula is C33H37F17O. The van der Waals surface area contributed by atoms with Crippen molar-refractivity contribution in [2.75, 3.05) is 0 Å². The summed E-state index contributed by atoms with van der Waals surface area (Å²) in [6, 6.07) is 2.82. The van der Waals surface area contributed by atoms with Crippen molar-refractivity contribution in [3.63, 3.8) is 0 Å². The standard InChI is InChI=1S/C33H37F17O/c1-2-3-4-5-6-19-7-9-20(10-8-19)21-11-13-22(14-12-21)23-15-17-24(18-16-23)25(51)26(34,35)27(36,37)28(38,39)29(40,41)30(42,43)31(44,45)32(46,47)33(48,49)50/h15-22H,2-14H2,1H3/t19-,20-,21?,22?. The predicted molar refractivity (Wildman–Crippen MR) is 150 cm³/mol. The Hall–Kier alpha value is -2.30. The lowest BCUT2D eigenvalue weighted by molar-refractivity contribution is -0.459. The molecule has 2 fully saturated rings. The van der Waals surface area contributed by atoms with Gasteiger partial charge >= 0.3 is 47.6 Å². The molecule has 0 spiro atoms. The second-order valence-electron chi connectivity index (χ2n) is 13.7. The van der Waals surface area contributed by atoms with Crippen LogP contribution in [0.5, 0.6) is 0 Å². The van der Waals surface area contributed by atoms with E-state index < -0.39 is 59.0 Å². The molecule has 3 rings (SSSR count). The van der Waals surface area contributed by atoms with Crippen LogP contribution in [0.2, 0.25) is 0 Å². The minimum Gasteiger partial charge on any atom is -0.287 e. The zero-order valence-corrected chi connectivity index (χ0v) is 27.1. The average Bonchev–Trinajstić information content (AvgIpc) is 3.05. The quantitative estimate of drug-likeness (QED) is 0.0986. The van der Waals surface area contributed by atoms with E-state index in [1.165, 1.54) is 25.7 Å². The monoisotopic (exact) mass is 772 g/mol. The molecular weight excluding hydrogens is 735 g/mol. The van der Waals surface area contributed by atoms with E-state index in [2.05, 4.69) is 6.92 Å². The number of Topliss-reactive ketones (excluding diaryl/α,β-unsaturated/α-hetero) is 1. The van der Waals surface area contributed by atoms with Crippen molar-refractivity contribution in [3.05, 3.63) is 35.4 Å². The molecule has 0 unspecified atom stereocenters. The molecule has 294 valence electrons. The highest BCUT2D eigenvalue weighted by Crippen LogP contribution is 2.64. The first-order valence-electron chi connectivity index (χ1n) is 16.5. The summed E-state index contributed by atoms with van der Waals surface area (Å²) in [5.74, 6) is -59.9. The summed E-state index contributed by atoms with van der Waals surface area (Å²) in [6.45, 7) is 2.15. The van der Waals surface area contributed by atoms with Gasteiger partial charge in [0.1, 0.15) is 0 Å². The van der Waals surface area contributed by atoms with E-state index in [4.69, 9.17) is 0 Å². The van der Waals surface area contributed by atoms with Gasteiger partial charge in [0.25, 0.3) is 0 Å². The zero-order valence-electron chi connectivity index (χ0n) is 27.1. The molecule has 0 aromatic heterocycles. The molecule has 0 N–H and O–H groups in total. The Bertz CT molecular complexity index is 1300. The molecule has 1 aromatic rings. The summed E-state index contributed by atoms with van der Waals surface area (Å²) >= 11 is 0. The third-order valence-corrected chi connectivity index (χ3v) is 10.4. The minimum atomic E-state index is -8.74. The van der Waals surface area contributed by atoms with Gasteiger partial charge in [-0.1, -0.05) is 76.1 Å². The number of carbonyl (C=O) groups excluding carboxylic acids is 1. The molecule has 1 aromatic carbocycles. The largest absolute Gasteiger partial charge is 0.460 e. The molecule has 2 aliphatic carbocycles. The van der Waals surface area contributed by atoms with Crippen LogP contribution in [0.1, 0.15) is 112 Å². The predicted octanol–water partition coefficient (Wildman–Crippen LogP) is 12.9. The van der Waals surface area contributed by atoms with Crippen molar-refractivity contribution in [2.24, 2.45) is 17.8 Å². The Morgan fingerprint density at radius 2 is 0.941 bits per heavy atom. The van der Waals surface area contributed by atoms with Crippen LogP contribution >= 0.6 is 0 Å². The summed E-state index contributed by atoms with van der Waals surface area (Å²) in [5, 5.41) is 0. The number of benzene rings is 1. The van der Waals surface area contributed by atoms with E-state index in [1.54, 1.807) is 0 Å². The van der Waals surface area contributed by atoms with Crippen molar-refractivity contribution < 1.29 is 79.4 Å². The number of rotatable bonds is 15. The number of hydrogen-bond donors (Lipinski definition) is 0. The van der Waals surface area contributed by atoms with Gasteiger partial charge in [-0.2, -0.15) is 74.6 Å². The molecule has 0 atom stereocenters. The van der Waals surface area contributed by atoms with Crippen molar-refractivity contribution in [2.45, 2.75) is 144 Å². The fraction of sp³-hybridized carbons (Fsp3) is 0.788. The van der Waals surface area contributed by atoms with E-state index >= 15 is 0 Å². The first kappa shape index (κ1) is 43.1. The van der Waals surface area contributed by atoms with Gasteiger partial charge in [0.2, 0.25) is 5.78 Å². The van der Waals surface area contributed by atoms with Gasteiger partial charge in [0, 0.05) is 5.56 Å². The SMILES string of the molecule is CCCCCC[C@H]1CC[C@H](C2CCC(c3ccc(C(=O)C(F)(F)C(F)(F)C(F)(F)C(F)(F)C(F)(F)C(F)(F)C(F)(F)C(F)(F)F)cc3)CC2)CC1. The second kappa shape index (κ2) is 14.8. The normalized spacial score (nSPS) is 23.7. The number of halogens is 17. The Morgan fingerprint density at radius 3 is 1.37 bits per heavy atom. The summed E-state index contributed by atoms with van der Waals surface area (Å²) in [4.78, 5) is 12.2. The molecule has 18 heteroatoms. The minimum absolute atomic E-state index is 0.205. The smallest absolute Gasteiger partial charge is 0.287 e. The number of unbranched alkanes of at least 4 members (excludes halogenated alkanes) is 3. The van der Waals surface area contributed by atoms with E-state index in [0.717, 1.165) is 57.1 Å². The van der Waals surface area contributed by atoms with Gasteiger partial charge < -0.3 is 0 Å². The highest BCUT2D eigenvalue weighted by Gasteiger charge is 2.95. The van der Waals surface area contributed by atoms with Crippen LogP contribution in [-0.4, -0.2) is 53.4 Å². The van der Waals surface area contributed by atoms with Crippen molar-refractivity contribution in [3.8, 4) is 0 Å². The van der Waals surface area contributed by atoms with Gasteiger partial charge in [-0.05, 0) is 67.8 Å². The molecule has 0 heterocycles.